The van der Waals surface area contributed by atoms with E-state index in [0.29, 0.717) is 12.1 Å². The molecule has 2 rings (SSSR count). The molecule has 0 spiro atoms. The molecular weight excluding hydrogens is 238 g/mol. The van der Waals surface area contributed by atoms with Crippen molar-refractivity contribution in [2.75, 3.05) is 13.1 Å². The molecule has 0 bridgehead atoms. The first-order valence-corrected chi connectivity index (χ1v) is 7.20. The minimum absolute atomic E-state index is 0.0758. The molecule has 1 aliphatic heterocycles. The van der Waals surface area contributed by atoms with Crippen molar-refractivity contribution in [3.63, 3.8) is 0 Å². The van der Waals surface area contributed by atoms with Crippen LogP contribution in [0.4, 0.5) is 0 Å². The van der Waals surface area contributed by atoms with Crippen LogP contribution in [0.2, 0.25) is 0 Å². The molecule has 1 aliphatic rings. The van der Waals surface area contributed by atoms with Crippen LogP contribution in [0, 0.1) is 13.8 Å². The number of carbonyl (C=O) groups excluding carboxylic acids is 1. The van der Waals surface area contributed by atoms with Crippen LogP contribution in [0.1, 0.15) is 54.5 Å². The first-order chi connectivity index (χ1) is 9.00. The van der Waals surface area contributed by atoms with E-state index >= 15 is 0 Å². The standard InChI is InChI=1S/C15H25N3O/c1-10(2)18-11(3)9-14(12(18)4)15(19)17-13-5-7-16-8-6-13/h9-10,13,16H,5-8H2,1-4H3,(H,17,19). The minimum Gasteiger partial charge on any atom is -0.349 e. The Labute approximate surface area is 115 Å². The fourth-order valence-electron chi connectivity index (χ4n) is 3.03. The third kappa shape index (κ3) is 3.00. The van der Waals surface area contributed by atoms with Crippen LogP contribution in [-0.2, 0) is 0 Å². The highest BCUT2D eigenvalue weighted by molar-refractivity contribution is 5.95. The van der Waals surface area contributed by atoms with Gasteiger partial charge in [-0.2, -0.15) is 0 Å². The SMILES string of the molecule is Cc1cc(C(=O)NC2CCNCC2)c(C)n1C(C)C. The van der Waals surface area contributed by atoms with E-state index in [4.69, 9.17) is 0 Å². The first-order valence-electron chi connectivity index (χ1n) is 7.20. The van der Waals surface area contributed by atoms with Crippen LogP contribution < -0.4 is 10.6 Å². The molecule has 1 saturated heterocycles. The maximum atomic E-state index is 12.4. The number of hydrogen-bond acceptors (Lipinski definition) is 2. The summed E-state index contributed by atoms with van der Waals surface area (Å²) >= 11 is 0. The zero-order chi connectivity index (χ0) is 14.0. The summed E-state index contributed by atoms with van der Waals surface area (Å²) in [6, 6.07) is 2.71. The first kappa shape index (κ1) is 14.1. The largest absolute Gasteiger partial charge is 0.349 e. The Hall–Kier alpha value is -1.29. The zero-order valence-corrected chi connectivity index (χ0v) is 12.4. The van der Waals surface area contributed by atoms with Gasteiger partial charge in [0.15, 0.2) is 0 Å². The average Bonchev–Trinajstić information content (AvgIpc) is 2.66. The number of nitrogens with one attached hydrogen (secondary N) is 2. The number of carbonyl (C=O) groups is 1. The number of aryl methyl sites for hydroxylation is 1. The van der Waals surface area contributed by atoms with Crippen LogP contribution in [0.15, 0.2) is 6.07 Å². The molecule has 1 fully saturated rings. The number of piperidine rings is 1. The normalized spacial score (nSPS) is 16.9. The van der Waals surface area contributed by atoms with Gasteiger partial charge in [0.1, 0.15) is 0 Å². The predicted octanol–water partition coefficient (Wildman–Crippen LogP) is 2.17. The van der Waals surface area contributed by atoms with Gasteiger partial charge in [-0.3, -0.25) is 4.79 Å². The van der Waals surface area contributed by atoms with Crippen molar-refractivity contribution >= 4 is 5.91 Å². The number of nitrogens with zero attached hydrogens (tertiary/aromatic N) is 1. The third-order valence-electron chi connectivity index (χ3n) is 3.92. The predicted molar refractivity (Wildman–Crippen MR) is 77.6 cm³/mol. The van der Waals surface area contributed by atoms with Gasteiger partial charge in [0.05, 0.1) is 5.56 Å². The van der Waals surface area contributed by atoms with E-state index in [1.807, 2.05) is 13.0 Å². The van der Waals surface area contributed by atoms with Crippen LogP contribution in [0.3, 0.4) is 0 Å². The van der Waals surface area contributed by atoms with Gasteiger partial charge >= 0.3 is 0 Å². The molecule has 2 heterocycles. The molecule has 0 saturated carbocycles. The zero-order valence-electron chi connectivity index (χ0n) is 12.4. The molecule has 0 atom stereocenters. The summed E-state index contributed by atoms with van der Waals surface area (Å²) in [5, 5.41) is 6.48. The highest BCUT2D eigenvalue weighted by Crippen LogP contribution is 2.20. The molecule has 0 unspecified atom stereocenters. The van der Waals surface area contributed by atoms with E-state index in [-0.39, 0.29) is 5.91 Å². The van der Waals surface area contributed by atoms with Crippen molar-refractivity contribution in [1.82, 2.24) is 15.2 Å². The van der Waals surface area contributed by atoms with Crippen LogP contribution in [0.5, 0.6) is 0 Å². The van der Waals surface area contributed by atoms with E-state index in [0.717, 1.165) is 42.9 Å². The highest BCUT2D eigenvalue weighted by Gasteiger charge is 2.20. The van der Waals surface area contributed by atoms with E-state index in [9.17, 15) is 4.79 Å². The average molecular weight is 263 g/mol. The van der Waals surface area contributed by atoms with Gasteiger partial charge in [0.2, 0.25) is 0 Å². The Kier molecular flexibility index (Phi) is 4.30. The van der Waals surface area contributed by atoms with Gasteiger partial charge in [-0.05, 0) is 59.7 Å². The Bertz CT molecular complexity index is 456. The van der Waals surface area contributed by atoms with E-state index in [1.165, 1.54) is 0 Å². The quantitative estimate of drug-likeness (QED) is 0.878. The van der Waals surface area contributed by atoms with E-state index in [1.54, 1.807) is 0 Å². The van der Waals surface area contributed by atoms with Gasteiger partial charge in [-0.15, -0.1) is 0 Å². The lowest BCUT2D eigenvalue weighted by Gasteiger charge is -2.23. The molecule has 4 heteroatoms. The number of hydrogen-bond donors (Lipinski definition) is 2. The number of aromatic nitrogens is 1. The molecule has 1 aromatic heterocycles. The molecule has 106 valence electrons. The topological polar surface area (TPSA) is 46.1 Å². The number of rotatable bonds is 3. The minimum atomic E-state index is 0.0758. The smallest absolute Gasteiger partial charge is 0.253 e. The summed E-state index contributed by atoms with van der Waals surface area (Å²) in [4.78, 5) is 12.4. The van der Waals surface area contributed by atoms with Gasteiger partial charge in [-0.1, -0.05) is 0 Å². The van der Waals surface area contributed by atoms with E-state index < -0.39 is 0 Å². The van der Waals surface area contributed by atoms with Gasteiger partial charge < -0.3 is 15.2 Å². The Balaban J connectivity index is 2.12. The van der Waals surface area contributed by atoms with Crippen LogP contribution in [0.25, 0.3) is 0 Å². The molecule has 4 nitrogen and oxygen atoms in total. The van der Waals surface area contributed by atoms with Crippen molar-refractivity contribution in [3.05, 3.63) is 23.0 Å². The fourth-order valence-corrected chi connectivity index (χ4v) is 3.03. The van der Waals surface area contributed by atoms with Crippen molar-refractivity contribution in [2.45, 2.75) is 52.6 Å². The number of amides is 1. The Morgan fingerprint density at radius 2 is 2.00 bits per heavy atom. The lowest BCUT2D eigenvalue weighted by molar-refractivity contribution is 0.0929. The Morgan fingerprint density at radius 1 is 1.37 bits per heavy atom. The molecule has 0 radical (unpaired) electrons. The lowest BCUT2D eigenvalue weighted by atomic mass is 10.1. The molecule has 1 aromatic rings. The second kappa shape index (κ2) is 5.78. The van der Waals surface area contributed by atoms with Gasteiger partial charge in [0, 0.05) is 23.5 Å². The van der Waals surface area contributed by atoms with Crippen LogP contribution >= 0.6 is 0 Å². The fraction of sp³-hybridized carbons (Fsp3) is 0.667. The van der Waals surface area contributed by atoms with Crippen molar-refractivity contribution in [2.24, 2.45) is 0 Å². The highest BCUT2D eigenvalue weighted by atomic mass is 16.1. The van der Waals surface area contributed by atoms with E-state index in [2.05, 4.69) is 36.0 Å². The van der Waals surface area contributed by atoms with Crippen molar-refractivity contribution in [3.8, 4) is 0 Å². The molecule has 0 aromatic carbocycles. The molecule has 2 N–H and O–H groups in total. The molecule has 19 heavy (non-hydrogen) atoms. The summed E-state index contributed by atoms with van der Waals surface area (Å²) < 4.78 is 2.22. The summed E-state index contributed by atoms with van der Waals surface area (Å²) in [5.41, 5.74) is 3.05. The summed E-state index contributed by atoms with van der Waals surface area (Å²) in [6.07, 6.45) is 2.04. The summed E-state index contributed by atoms with van der Waals surface area (Å²) in [5.74, 6) is 0.0758. The van der Waals surface area contributed by atoms with Crippen LogP contribution in [-0.4, -0.2) is 29.6 Å². The second-order valence-electron chi connectivity index (χ2n) is 5.75. The second-order valence-corrected chi connectivity index (χ2v) is 5.75. The maximum absolute atomic E-state index is 12.4. The summed E-state index contributed by atoms with van der Waals surface area (Å²) in [7, 11) is 0. The van der Waals surface area contributed by atoms with Crippen molar-refractivity contribution < 1.29 is 4.79 Å². The molecule has 0 aliphatic carbocycles. The monoisotopic (exact) mass is 263 g/mol. The maximum Gasteiger partial charge on any atom is 0.253 e. The van der Waals surface area contributed by atoms with Crippen molar-refractivity contribution in [1.29, 1.82) is 0 Å². The Morgan fingerprint density at radius 3 is 2.53 bits per heavy atom. The van der Waals surface area contributed by atoms with Gasteiger partial charge in [0.25, 0.3) is 5.91 Å². The molecule has 1 amide bonds. The lowest BCUT2D eigenvalue weighted by Crippen LogP contribution is -2.42. The third-order valence-corrected chi connectivity index (χ3v) is 3.92. The van der Waals surface area contributed by atoms with Gasteiger partial charge in [-0.25, -0.2) is 0 Å². The summed E-state index contributed by atoms with van der Waals surface area (Å²) in [6.45, 7) is 10.4. The molecular formula is C15H25N3O.